The number of nitrogens with two attached hydrogens (primary N) is 1. The predicted molar refractivity (Wildman–Crippen MR) is 70.2 cm³/mol. The number of ether oxygens (including phenoxy) is 2. The Morgan fingerprint density at radius 1 is 1.10 bits per heavy atom. The van der Waals surface area contributed by atoms with Gasteiger partial charge in [0.05, 0.1) is 18.1 Å². The lowest BCUT2D eigenvalue weighted by Crippen LogP contribution is -2.11. The fourth-order valence-electron chi connectivity index (χ4n) is 1.98. The fourth-order valence-corrected chi connectivity index (χ4v) is 2.54. The molecular formula is C13H13NO5S. The van der Waals surface area contributed by atoms with E-state index < -0.39 is 16.3 Å². The van der Waals surface area contributed by atoms with Gasteiger partial charge in [0.25, 0.3) is 0 Å². The molecule has 6 nitrogen and oxygen atoms in total. The smallest absolute Gasteiger partial charge is 0.238 e. The van der Waals surface area contributed by atoms with Crippen molar-refractivity contribution < 1.29 is 22.3 Å². The Labute approximate surface area is 116 Å². The average Bonchev–Trinajstić information content (AvgIpc) is 3.09. The quantitative estimate of drug-likeness (QED) is 0.929. The summed E-state index contributed by atoms with van der Waals surface area (Å²) in [4.78, 5) is 0.0429. The van der Waals surface area contributed by atoms with Crippen molar-refractivity contribution in [1.29, 1.82) is 0 Å². The highest BCUT2D eigenvalue weighted by Gasteiger charge is 2.22. The molecule has 7 heteroatoms. The average molecular weight is 295 g/mol. The van der Waals surface area contributed by atoms with Crippen LogP contribution >= 0.6 is 0 Å². The molecular weight excluding hydrogens is 282 g/mol. The van der Waals surface area contributed by atoms with Gasteiger partial charge in [0.2, 0.25) is 16.3 Å². The second-order valence-electron chi connectivity index (χ2n) is 4.35. The fraction of sp³-hybridized carbons (Fsp3) is 0.231. The third-order valence-corrected chi connectivity index (χ3v) is 3.84. The summed E-state index contributed by atoms with van der Waals surface area (Å²) in [5.41, 5.74) is 0.626. The highest BCUT2D eigenvalue weighted by molar-refractivity contribution is 7.89. The summed E-state index contributed by atoms with van der Waals surface area (Å²) in [7, 11) is -3.73. The van der Waals surface area contributed by atoms with E-state index in [1.54, 1.807) is 24.3 Å². The van der Waals surface area contributed by atoms with E-state index >= 15 is 0 Å². The molecule has 3 rings (SSSR count). The largest absolute Gasteiger partial charge is 0.456 e. The van der Waals surface area contributed by atoms with Crippen LogP contribution in [0.2, 0.25) is 0 Å². The van der Waals surface area contributed by atoms with Crippen LogP contribution in [-0.2, 0) is 19.5 Å². The SMILES string of the molecule is NS(=O)(=O)c1cccc(-c2ccc(C3OCCO3)o2)c1. The standard InChI is InChI=1S/C13H13NO5S/c14-20(15,16)10-3-1-2-9(8-10)11-4-5-12(19-11)13-17-6-7-18-13/h1-5,8,13H,6-7H2,(H2,14,15,16). The first-order chi connectivity index (χ1) is 9.54. The van der Waals surface area contributed by atoms with Crippen molar-refractivity contribution >= 4 is 10.0 Å². The number of hydrogen-bond donors (Lipinski definition) is 1. The normalized spacial score (nSPS) is 16.6. The Bertz CT molecular complexity index is 716. The van der Waals surface area contributed by atoms with Crippen molar-refractivity contribution in [2.75, 3.05) is 13.2 Å². The van der Waals surface area contributed by atoms with Crippen LogP contribution in [-0.4, -0.2) is 21.6 Å². The van der Waals surface area contributed by atoms with Crippen LogP contribution in [0.25, 0.3) is 11.3 Å². The summed E-state index contributed by atoms with van der Waals surface area (Å²) >= 11 is 0. The molecule has 1 fully saturated rings. The highest BCUT2D eigenvalue weighted by atomic mass is 32.2. The molecule has 0 aliphatic carbocycles. The van der Waals surface area contributed by atoms with Gasteiger partial charge in [0.15, 0.2) is 5.76 Å². The number of rotatable bonds is 3. The van der Waals surface area contributed by atoms with Gasteiger partial charge in [-0.05, 0) is 24.3 Å². The molecule has 20 heavy (non-hydrogen) atoms. The molecule has 1 aliphatic rings. The van der Waals surface area contributed by atoms with Crippen LogP contribution < -0.4 is 5.14 Å². The lowest BCUT2D eigenvalue weighted by atomic mass is 10.2. The molecule has 2 heterocycles. The summed E-state index contributed by atoms with van der Waals surface area (Å²) < 4.78 is 39.0. The zero-order valence-electron chi connectivity index (χ0n) is 10.5. The summed E-state index contributed by atoms with van der Waals surface area (Å²) in [5, 5.41) is 5.11. The van der Waals surface area contributed by atoms with E-state index in [4.69, 9.17) is 19.0 Å². The van der Waals surface area contributed by atoms with Crippen LogP contribution in [0.4, 0.5) is 0 Å². The molecule has 1 aliphatic heterocycles. The van der Waals surface area contributed by atoms with Crippen LogP contribution in [0.1, 0.15) is 12.1 Å². The minimum Gasteiger partial charge on any atom is -0.456 e. The van der Waals surface area contributed by atoms with Gasteiger partial charge in [-0.1, -0.05) is 12.1 Å². The van der Waals surface area contributed by atoms with E-state index in [0.29, 0.717) is 30.3 Å². The lowest BCUT2D eigenvalue weighted by Gasteiger charge is -2.05. The van der Waals surface area contributed by atoms with E-state index in [1.165, 1.54) is 12.1 Å². The molecule has 0 bridgehead atoms. The van der Waals surface area contributed by atoms with E-state index in [0.717, 1.165) is 0 Å². The Morgan fingerprint density at radius 2 is 1.85 bits per heavy atom. The van der Waals surface area contributed by atoms with Crippen LogP contribution in [0.3, 0.4) is 0 Å². The topological polar surface area (TPSA) is 91.8 Å². The van der Waals surface area contributed by atoms with E-state index in [-0.39, 0.29) is 4.90 Å². The van der Waals surface area contributed by atoms with Crippen molar-refractivity contribution in [3.05, 3.63) is 42.2 Å². The van der Waals surface area contributed by atoms with Gasteiger partial charge in [-0.15, -0.1) is 0 Å². The molecule has 1 aromatic carbocycles. The van der Waals surface area contributed by atoms with Crippen LogP contribution in [0.5, 0.6) is 0 Å². The number of benzene rings is 1. The van der Waals surface area contributed by atoms with Crippen molar-refractivity contribution in [1.82, 2.24) is 0 Å². The van der Waals surface area contributed by atoms with Crippen LogP contribution in [0, 0.1) is 0 Å². The Kier molecular flexibility index (Phi) is 3.35. The van der Waals surface area contributed by atoms with Gasteiger partial charge in [0.1, 0.15) is 5.76 Å². The molecule has 1 aromatic heterocycles. The van der Waals surface area contributed by atoms with Crippen molar-refractivity contribution in [3.63, 3.8) is 0 Å². The molecule has 0 radical (unpaired) electrons. The van der Waals surface area contributed by atoms with Gasteiger partial charge < -0.3 is 13.9 Å². The van der Waals surface area contributed by atoms with Gasteiger partial charge in [0, 0.05) is 5.56 Å². The van der Waals surface area contributed by atoms with E-state index in [2.05, 4.69) is 0 Å². The van der Waals surface area contributed by atoms with E-state index in [1.807, 2.05) is 0 Å². The monoisotopic (exact) mass is 295 g/mol. The summed E-state index contributed by atoms with van der Waals surface area (Å²) in [6.07, 6.45) is -0.495. The Hall–Kier alpha value is -1.67. The molecule has 0 spiro atoms. The Morgan fingerprint density at radius 3 is 2.55 bits per heavy atom. The summed E-state index contributed by atoms with van der Waals surface area (Å²) in [6, 6.07) is 9.74. The maximum Gasteiger partial charge on any atom is 0.238 e. The molecule has 106 valence electrons. The summed E-state index contributed by atoms with van der Waals surface area (Å²) in [5.74, 6) is 1.09. The summed E-state index contributed by atoms with van der Waals surface area (Å²) in [6.45, 7) is 1.06. The van der Waals surface area contributed by atoms with Crippen molar-refractivity contribution in [2.45, 2.75) is 11.2 Å². The highest BCUT2D eigenvalue weighted by Crippen LogP contribution is 2.30. The maximum atomic E-state index is 11.3. The van der Waals surface area contributed by atoms with Gasteiger partial charge in [-0.3, -0.25) is 0 Å². The Balaban J connectivity index is 1.93. The number of primary sulfonamides is 1. The third kappa shape index (κ3) is 2.61. The number of hydrogen-bond acceptors (Lipinski definition) is 5. The molecule has 0 saturated carbocycles. The van der Waals surface area contributed by atoms with Gasteiger partial charge >= 0.3 is 0 Å². The van der Waals surface area contributed by atoms with Gasteiger partial charge in [-0.2, -0.15) is 0 Å². The molecule has 0 atom stereocenters. The minimum atomic E-state index is -3.73. The predicted octanol–water partition coefficient (Wildman–Crippen LogP) is 1.64. The first kappa shape index (κ1) is 13.3. The van der Waals surface area contributed by atoms with Crippen molar-refractivity contribution in [3.8, 4) is 11.3 Å². The molecule has 0 unspecified atom stereocenters. The third-order valence-electron chi connectivity index (χ3n) is 2.93. The molecule has 1 saturated heterocycles. The van der Waals surface area contributed by atoms with Crippen molar-refractivity contribution in [2.24, 2.45) is 5.14 Å². The van der Waals surface area contributed by atoms with Gasteiger partial charge in [-0.25, -0.2) is 13.6 Å². The zero-order chi connectivity index (χ0) is 14.2. The molecule has 2 aromatic rings. The first-order valence-corrected chi connectivity index (χ1v) is 7.55. The maximum absolute atomic E-state index is 11.3. The van der Waals surface area contributed by atoms with Crippen LogP contribution in [0.15, 0.2) is 45.7 Å². The molecule has 0 amide bonds. The number of sulfonamides is 1. The second kappa shape index (κ2) is 5.02. The second-order valence-corrected chi connectivity index (χ2v) is 5.91. The zero-order valence-corrected chi connectivity index (χ0v) is 11.3. The lowest BCUT2D eigenvalue weighted by molar-refractivity contribution is -0.0585. The number of furan rings is 1. The molecule has 2 N–H and O–H groups in total. The first-order valence-electron chi connectivity index (χ1n) is 6.00. The van der Waals surface area contributed by atoms with E-state index in [9.17, 15) is 8.42 Å². The minimum absolute atomic E-state index is 0.0429.